The number of ether oxygens (including phenoxy) is 1. The van der Waals surface area contributed by atoms with E-state index < -0.39 is 6.16 Å². The third-order valence-corrected chi connectivity index (χ3v) is 4.09. The molecule has 2 N–H and O–H groups in total. The molecule has 17 heavy (non-hydrogen) atoms. The van der Waals surface area contributed by atoms with E-state index in [4.69, 9.17) is 5.11 Å². The van der Waals surface area contributed by atoms with Crippen LogP contribution in [0.25, 0.3) is 0 Å². The first-order chi connectivity index (χ1) is 7.64. The van der Waals surface area contributed by atoms with Gasteiger partial charge in [-0.15, -0.1) is 0 Å². The molecule has 0 bridgehead atoms. The van der Waals surface area contributed by atoms with Crippen LogP contribution in [0.1, 0.15) is 26.3 Å². The zero-order chi connectivity index (χ0) is 13.4. The Bertz CT molecular complexity index is 464. The SMILES string of the molecule is CC(C)(C)c1c(O)c(OC(=O)O)cc(Br)c1Br. The first-order valence-electron chi connectivity index (χ1n) is 4.76. The smallest absolute Gasteiger partial charge is 0.504 e. The molecule has 94 valence electrons. The van der Waals surface area contributed by atoms with Crippen LogP contribution in [0.15, 0.2) is 15.0 Å². The predicted octanol–water partition coefficient (Wildman–Crippen LogP) is 4.27. The second kappa shape index (κ2) is 4.86. The van der Waals surface area contributed by atoms with Gasteiger partial charge in [-0.2, -0.15) is 0 Å². The molecule has 1 rings (SSSR count). The van der Waals surface area contributed by atoms with Gasteiger partial charge >= 0.3 is 6.16 Å². The lowest BCUT2D eigenvalue weighted by molar-refractivity contribution is 0.142. The van der Waals surface area contributed by atoms with E-state index in [0.29, 0.717) is 14.5 Å². The first-order valence-corrected chi connectivity index (χ1v) is 6.35. The van der Waals surface area contributed by atoms with Crippen molar-refractivity contribution in [3.63, 3.8) is 0 Å². The van der Waals surface area contributed by atoms with Gasteiger partial charge in [-0.05, 0) is 37.3 Å². The molecule has 4 nitrogen and oxygen atoms in total. The molecule has 1 aromatic rings. The molecule has 0 spiro atoms. The molecular weight excluding hydrogens is 356 g/mol. The normalized spacial score (nSPS) is 11.4. The van der Waals surface area contributed by atoms with Gasteiger partial charge in [0.15, 0.2) is 11.5 Å². The van der Waals surface area contributed by atoms with Gasteiger partial charge in [-0.25, -0.2) is 4.79 Å². The summed E-state index contributed by atoms with van der Waals surface area (Å²) in [5.74, 6) is -0.257. The lowest BCUT2D eigenvalue weighted by atomic mass is 9.86. The lowest BCUT2D eigenvalue weighted by Gasteiger charge is -2.23. The van der Waals surface area contributed by atoms with Crippen molar-refractivity contribution in [2.45, 2.75) is 26.2 Å². The van der Waals surface area contributed by atoms with E-state index >= 15 is 0 Å². The highest BCUT2D eigenvalue weighted by Gasteiger charge is 2.26. The molecule has 0 fully saturated rings. The van der Waals surface area contributed by atoms with E-state index in [1.165, 1.54) is 6.07 Å². The number of aromatic hydroxyl groups is 1. The van der Waals surface area contributed by atoms with Gasteiger partial charge in [-0.1, -0.05) is 20.8 Å². The van der Waals surface area contributed by atoms with Crippen molar-refractivity contribution in [1.82, 2.24) is 0 Å². The van der Waals surface area contributed by atoms with Gasteiger partial charge in [0, 0.05) is 20.6 Å². The summed E-state index contributed by atoms with van der Waals surface area (Å²) >= 11 is 6.64. The second-order valence-electron chi connectivity index (χ2n) is 4.51. The Kier molecular flexibility index (Phi) is 4.09. The van der Waals surface area contributed by atoms with Crippen LogP contribution in [0.2, 0.25) is 0 Å². The van der Waals surface area contributed by atoms with E-state index in [-0.39, 0.29) is 16.9 Å². The van der Waals surface area contributed by atoms with E-state index in [1.807, 2.05) is 20.8 Å². The number of phenolic OH excluding ortho intramolecular Hbond substituents is 1. The zero-order valence-corrected chi connectivity index (χ0v) is 12.7. The zero-order valence-electron chi connectivity index (χ0n) is 9.54. The molecule has 0 aromatic heterocycles. The summed E-state index contributed by atoms with van der Waals surface area (Å²) in [5.41, 5.74) is 0.228. The van der Waals surface area contributed by atoms with Crippen LogP contribution in [0.3, 0.4) is 0 Å². The van der Waals surface area contributed by atoms with Crippen LogP contribution in [-0.4, -0.2) is 16.4 Å². The molecule has 0 aliphatic carbocycles. The van der Waals surface area contributed by atoms with E-state index in [9.17, 15) is 9.90 Å². The molecule has 0 unspecified atom stereocenters. The predicted molar refractivity (Wildman–Crippen MR) is 70.9 cm³/mol. The highest BCUT2D eigenvalue weighted by molar-refractivity contribution is 9.13. The molecule has 0 amide bonds. The number of benzene rings is 1. The Labute approximate surface area is 116 Å². The van der Waals surface area contributed by atoms with Crippen molar-refractivity contribution in [3.05, 3.63) is 20.6 Å². The lowest BCUT2D eigenvalue weighted by Crippen LogP contribution is -2.14. The largest absolute Gasteiger partial charge is 0.511 e. The fourth-order valence-electron chi connectivity index (χ4n) is 1.45. The van der Waals surface area contributed by atoms with Crippen LogP contribution < -0.4 is 4.74 Å². The number of carboxylic acid groups (broad SMARTS) is 1. The number of phenols is 1. The summed E-state index contributed by atoms with van der Waals surface area (Å²) in [6.45, 7) is 5.72. The molecule has 0 aliphatic heterocycles. The molecule has 0 saturated carbocycles. The van der Waals surface area contributed by atoms with Crippen molar-refractivity contribution in [1.29, 1.82) is 0 Å². The Morgan fingerprint density at radius 3 is 2.29 bits per heavy atom. The Balaban J connectivity index is 3.48. The minimum Gasteiger partial charge on any atom is -0.504 e. The van der Waals surface area contributed by atoms with Crippen LogP contribution in [0, 0.1) is 0 Å². The monoisotopic (exact) mass is 366 g/mol. The fourth-order valence-corrected chi connectivity index (χ4v) is 2.75. The summed E-state index contributed by atoms with van der Waals surface area (Å²) in [5, 5.41) is 18.6. The Morgan fingerprint density at radius 2 is 1.88 bits per heavy atom. The number of carbonyl (C=O) groups is 1. The third kappa shape index (κ3) is 3.13. The van der Waals surface area contributed by atoms with Crippen molar-refractivity contribution >= 4 is 38.0 Å². The van der Waals surface area contributed by atoms with Gasteiger partial charge < -0.3 is 14.9 Å². The fraction of sp³-hybridized carbons (Fsp3) is 0.364. The minimum atomic E-state index is -1.46. The molecule has 0 saturated heterocycles. The van der Waals surface area contributed by atoms with Crippen molar-refractivity contribution in [3.8, 4) is 11.5 Å². The molecule has 6 heteroatoms. The van der Waals surface area contributed by atoms with E-state index in [1.54, 1.807) is 0 Å². The maximum atomic E-state index is 10.5. The van der Waals surface area contributed by atoms with Gasteiger partial charge in [0.05, 0.1) is 0 Å². The second-order valence-corrected chi connectivity index (χ2v) is 6.16. The summed E-state index contributed by atoms with van der Waals surface area (Å²) < 4.78 is 5.83. The first kappa shape index (κ1) is 14.3. The number of hydrogen-bond acceptors (Lipinski definition) is 3. The van der Waals surface area contributed by atoms with Crippen molar-refractivity contribution in [2.24, 2.45) is 0 Å². The number of hydrogen-bond donors (Lipinski definition) is 2. The Hall–Kier alpha value is -0.750. The molecule has 0 atom stereocenters. The average molecular weight is 368 g/mol. The standard InChI is InChI=1S/C11H12Br2O4/c1-11(2,3)7-8(13)5(12)4-6(9(7)14)17-10(15)16/h4,14H,1-3H3,(H,15,16). The molecule has 0 heterocycles. The minimum absolute atomic E-state index is 0.0856. The van der Waals surface area contributed by atoms with Crippen LogP contribution in [-0.2, 0) is 5.41 Å². The summed E-state index contributed by atoms with van der Waals surface area (Å²) in [6, 6.07) is 1.41. The molecule has 0 radical (unpaired) electrons. The van der Waals surface area contributed by atoms with Crippen LogP contribution >= 0.6 is 31.9 Å². The molecule has 0 aliphatic rings. The highest BCUT2D eigenvalue weighted by atomic mass is 79.9. The highest BCUT2D eigenvalue weighted by Crippen LogP contribution is 2.46. The van der Waals surface area contributed by atoms with Crippen molar-refractivity contribution < 1.29 is 19.7 Å². The van der Waals surface area contributed by atoms with Gasteiger partial charge in [-0.3, -0.25) is 0 Å². The summed E-state index contributed by atoms with van der Waals surface area (Å²) in [6.07, 6.45) is -1.46. The van der Waals surface area contributed by atoms with Crippen LogP contribution in [0.5, 0.6) is 11.5 Å². The van der Waals surface area contributed by atoms with Crippen molar-refractivity contribution in [2.75, 3.05) is 0 Å². The average Bonchev–Trinajstić information content (AvgIpc) is 2.11. The number of halogens is 2. The number of rotatable bonds is 1. The maximum absolute atomic E-state index is 10.5. The van der Waals surface area contributed by atoms with Gasteiger partial charge in [0.2, 0.25) is 0 Å². The Morgan fingerprint density at radius 1 is 1.35 bits per heavy atom. The quantitative estimate of drug-likeness (QED) is 0.574. The maximum Gasteiger partial charge on any atom is 0.511 e. The third-order valence-electron chi connectivity index (χ3n) is 2.10. The summed E-state index contributed by atoms with van der Waals surface area (Å²) in [7, 11) is 0. The van der Waals surface area contributed by atoms with E-state index in [0.717, 1.165) is 0 Å². The van der Waals surface area contributed by atoms with E-state index in [2.05, 4.69) is 36.6 Å². The van der Waals surface area contributed by atoms with Gasteiger partial charge in [0.25, 0.3) is 0 Å². The van der Waals surface area contributed by atoms with Gasteiger partial charge in [0.1, 0.15) is 0 Å². The van der Waals surface area contributed by atoms with Crippen LogP contribution in [0.4, 0.5) is 4.79 Å². The summed E-state index contributed by atoms with van der Waals surface area (Å²) in [4.78, 5) is 10.5. The molecular formula is C11H12Br2O4. The topological polar surface area (TPSA) is 66.8 Å². The molecule has 1 aromatic carbocycles.